The van der Waals surface area contributed by atoms with E-state index in [0.29, 0.717) is 5.92 Å². The molecule has 62 valence electrons. The number of hydrogen-bond acceptors (Lipinski definition) is 2. The molecule has 0 atom stereocenters. The van der Waals surface area contributed by atoms with Gasteiger partial charge in [-0.2, -0.15) is 0 Å². The Labute approximate surface area is 70.9 Å². The molecule has 1 N–H and O–H groups in total. The molecule has 0 spiro atoms. The highest BCUT2D eigenvalue weighted by Crippen LogP contribution is 2.19. The molecular formula is C9H11N3. The van der Waals surface area contributed by atoms with Gasteiger partial charge in [0, 0.05) is 6.20 Å². The van der Waals surface area contributed by atoms with Crippen molar-refractivity contribution in [2.45, 2.75) is 19.8 Å². The van der Waals surface area contributed by atoms with Gasteiger partial charge in [-0.1, -0.05) is 13.8 Å². The van der Waals surface area contributed by atoms with E-state index in [-0.39, 0.29) is 0 Å². The minimum absolute atomic E-state index is 0.428. The second-order valence-corrected chi connectivity index (χ2v) is 3.15. The van der Waals surface area contributed by atoms with Crippen molar-refractivity contribution in [2.24, 2.45) is 0 Å². The molecule has 2 aromatic heterocycles. The largest absolute Gasteiger partial charge is 0.344 e. The molecule has 0 radical (unpaired) electrons. The summed E-state index contributed by atoms with van der Waals surface area (Å²) in [6.45, 7) is 4.24. The van der Waals surface area contributed by atoms with Gasteiger partial charge in [-0.15, -0.1) is 0 Å². The number of pyridine rings is 1. The molecule has 0 amide bonds. The summed E-state index contributed by atoms with van der Waals surface area (Å²) in [6, 6.07) is 1.94. The van der Waals surface area contributed by atoms with Gasteiger partial charge >= 0.3 is 0 Å². The van der Waals surface area contributed by atoms with Crippen molar-refractivity contribution in [1.29, 1.82) is 0 Å². The van der Waals surface area contributed by atoms with Gasteiger partial charge in [0.1, 0.15) is 5.52 Å². The second-order valence-electron chi connectivity index (χ2n) is 3.15. The lowest BCUT2D eigenvalue weighted by atomic mass is 10.1. The van der Waals surface area contributed by atoms with Crippen LogP contribution >= 0.6 is 0 Å². The molecule has 2 rings (SSSR count). The van der Waals surface area contributed by atoms with E-state index in [0.717, 1.165) is 16.7 Å². The fraction of sp³-hybridized carbons (Fsp3) is 0.333. The summed E-state index contributed by atoms with van der Waals surface area (Å²) < 4.78 is 0. The highest BCUT2D eigenvalue weighted by Gasteiger charge is 2.07. The number of rotatable bonds is 1. The predicted molar refractivity (Wildman–Crippen MR) is 48.0 cm³/mol. The molecule has 12 heavy (non-hydrogen) atoms. The third kappa shape index (κ3) is 0.978. The maximum absolute atomic E-state index is 4.30. The number of hydrogen-bond donors (Lipinski definition) is 1. The highest BCUT2D eigenvalue weighted by molar-refractivity contribution is 5.76. The quantitative estimate of drug-likeness (QED) is 0.695. The molecular weight excluding hydrogens is 150 g/mol. The monoisotopic (exact) mass is 161 g/mol. The van der Waals surface area contributed by atoms with Gasteiger partial charge in [-0.25, -0.2) is 4.98 Å². The SMILES string of the molecule is CC(C)c1nccc2[nH]cnc12. The number of imidazole rings is 1. The zero-order chi connectivity index (χ0) is 8.55. The average molecular weight is 161 g/mol. The van der Waals surface area contributed by atoms with Crippen LogP contribution in [0.25, 0.3) is 11.0 Å². The molecule has 2 heterocycles. The van der Waals surface area contributed by atoms with Gasteiger partial charge < -0.3 is 4.98 Å². The summed E-state index contributed by atoms with van der Waals surface area (Å²) in [5, 5.41) is 0. The molecule has 3 nitrogen and oxygen atoms in total. The Kier molecular flexibility index (Phi) is 1.57. The first-order valence-electron chi connectivity index (χ1n) is 4.07. The summed E-state index contributed by atoms with van der Waals surface area (Å²) >= 11 is 0. The van der Waals surface area contributed by atoms with Crippen molar-refractivity contribution in [2.75, 3.05) is 0 Å². The molecule has 0 aliphatic carbocycles. The van der Waals surface area contributed by atoms with Crippen LogP contribution in [0.15, 0.2) is 18.6 Å². The van der Waals surface area contributed by atoms with Crippen LogP contribution in [0.5, 0.6) is 0 Å². The van der Waals surface area contributed by atoms with Gasteiger partial charge in [-0.05, 0) is 12.0 Å². The molecule has 0 saturated carbocycles. The number of nitrogens with one attached hydrogen (secondary N) is 1. The minimum atomic E-state index is 0.428. The molecule has 0 fully saturated rings. The Balaban J connectivity index is 2.73. The van der Waals surface area contributed by atoms with Gasteiger partial charge in [0.05, 0.1) is 17.5 Å². The van der Waals surface area contributed by atoms with Crippen molar-refractivity contribution in [3.05, 3.63) is 24.3 Å². The lowest BCUT2D eigenvalue weighted by Crippen LogP contribution is -1.92. The minimum Gasteiger partial charge on any atom is -0.344 e. The van der Waals surface area contributed by atoms with Crippen LogP contribution in [0.1, 0.15) is 25.5 Å². The lowest BCUT2D eigenvalue weighted by molar-refractivity contribution is 0.831. The smallest absolute Gasteiger partial charge is 0.110 e. The van der Waals surface area contributed by atoms with E-state index in [1.807, 2.05) is 12.3 Å². The number of aromatic nitrogens is 3. The van der Waals surface area contributed by atoms with Crippen LogP contribution in [0.4, 0.5) is 0 Å². The van der Waals surface area contributed by atoms with Crippen molar-refractivity contribution in [1.82, 2.24) is 15.0 Å². The standard InChI is InChI=1S/C9H11N3/c1-6(2)8-9-7(3-4-10-8)11-5-12-9/h3-6H,1-2H3,(H,11,12). The van der Waals surface area contributed by atoms with E-state index in [9.17, 15) is 0 Å². The predicted octanol–water partition coefficient (Wildman–Crippen LogP) is 2.08. The third-order valence-corrected chi connectivity index (χ3v) is 1.91. The van der Waals surface area contributed by atoms with Crippen LogP contribution < -0.4 is 0 Å². The van der Waals surface area contributed by atoms with Gasteiger partial charge in [0.15, 0.2) is 0 Å². The van der Waals surface area contributed by atoms with Crippen molar-refractivity contribution < 1.29 is 0 Å². The van der Waals surface area contributed by atoms with Gasteiger partial charge in [-0.3, -0.25) is 4.98 Å². The van der Waals surface area contributed by atoms with Crippen molar-refractivity contribution in [3.63, 3.8) is 0 Å². The summed E-state index contributed by atoms with van der Waals surface area (Å²) in [5.41, 5.74) is 3.12. The van der Waals surface area contributed by atoms with Crippen LogP contribution in [-0.4, -0.2) is 15.0 Å². The number of fused-ring (bicyclic) bond motifs is 1. The van der Waals surface area contributed by atoms with E-state index in [1.165, 1.54) is 0 Å². The molecule has 0 aliphatic rings. The first-order chi connectivity index (χ1) is 5.79. The van der Waals surface area contributed by atoms with E-state index in [2.05, 4.69) is 28.8 Å². The van der Waals surface area contributed by atoms with Crippen LogP contribution in [-0.2, 0) is 0 Å². The molecule has 2 aromatic rings. The Hall–Kier alpha value is -1.38. The van der Waals surface area contributed by atoms with E-state index in [1.54, 1.807) is 6.33 Å². The van der Waals surface area contributed by atoms with Crippen LogP contribution in [0, 0.1) is 0 Å². The van der Waals surface area contributed by atoms with E-state index in [4.69, 9.17) is 0 Å². The molecule has 0 saturated heterocycles. The Morgan fingerprint density at radius 1 is 1.33 bits per heavy atom. The van der Waals surface area contributed by atoms with E-state index >= 15 is 0 Å². The number of H-pyrrole nitrogens is 1. The maximum Gasteiger partial charge on any atom is 0.110 e. The fourth-order valence-corrected chi connectivity index (χ4v) is 1.31. The average Bonchev–Trinajstić information content (AvgIpc) is 2.49. The van der Waals surface area contributed by atoms with Gasteiger partial charge in [0.2, 0.25) is 0 Å². The molecule has 0 bridgehead atoms. The maximum atomic E-state index is 4.30. The zero-order valence-electron chi connectivity index (χ0n) is 7.20. The molecule has 0 unspecified atom stereocenters. The number of nitrogens with zero attached hydrogens (tertiary/aromatic N) is 2. The first kappa shape index (κ1) is 7.28. The topological polar surface area (TPSA) is 41.6 Å². The number of aromatic amines is 1. The first-order valence-corrected chi connectivity index (χ1v) is 4.07. The van der Waals surface area contributed by atoms with Crippen LogP contribution in [0.2, 0.25) is 0 Å². The fourth-order valence-electron chi connectivity index (χ4n) is 1.31. The highest BCUT2D eigenvalue weighted by atomic mass is 14.9. The lowest BCUT2D eigenvalue weighted by Gasteiger charge is -2.03. The van der Waals surface area contributed by atoms with Gasteiger partial charge in [0.25, 0.3) is 0 Å². The molecule has 3 heteroatoms. The van der Waals surface area contributed by atoms with E-state index < -0.39 is 0 Å². The molecule has 0 aliphatic heterocycles. The Bertz CT molecular complexity index is 389. The summed E-state index contributed by atoms with van der Waals surface area (Å²) in [4.78, 5) is 11.6. The third-order valence-electron chi connectivity index (χ3n) is 1.91. The van der Waals surface area contributed by atoms with Crippen molar-refractivity contribution in [3.8, 4) is 0 Å². The Morgan fingerprint density at radius 2 is 2.17 bits per heavy atom. The second kappa shape index (κ2) is 2.59. The van der Waals surface area contributed by atoms with Crippen LogP contribution in [0.3, 0.4) is 0 Å². The summed E-state index contributed by atoms with van der Waals surface area (Å²) in [7, 11) is 0. The zero-order valence-corrected chi connectivity index (χ0v) is 7.20. The summed E-state index contributed by atoms with van der Waals surface area (Å²) in [5.74, 6) is 0.428. The summed E-state index contributed by atoms with van der Waals surface area (Å²) in [6.07, 6.45) is 3.52. The normalized spacial score (nSPS) is 11.2. The Morgan fingerprint density at radius 3 is 2.92 bits per heavy atom. The molecule has 0 aromatic carbocycles. The van der Waals surface area contributed by atoms with Crippen molar-refractivity contribution >= 4 is 11.0 Å².